The first-order valence-electron chi connectivity index (χ1n) is 11.7. The van der Waals surface area contributed by atoms with Crippen LogP contribution in [0.15, 0.2) is 0 Å². The Kier molecular flexibility index (Phi) is 16.0. The summed E-state index contributed by atoms with van der Waals surface area (Å²) in [6.45, 7) is 8.77. The number of hydrogen-bond donors (Lipinski definition) is 2. The highest BCUT2D eigenvalue weighted by Crippen LogP contribution is 2.27. The number of esters is 1. The van der Waals surface area contributed by atoms with Crippen molar-refractivity contribution in [2.75, 3.05) is 6.61 Å². The number of aliphatic carboxylic acids is 1. The molecule has 0 aromatic carbocycles. The zero-order valence-electron chi connectivity index (χ0n) is 20.8. The molecule has 0 amide bonds. The second-order valence-corrected chi connectivity index (χ2v) is 11.6. The highest BCUT2D eigenvalue weighted by molar-refractivity contribution is 7.71. The molecule has 11 heteroatoms. The lowest BCUT2D eigenvalue weighted by Gasteiger charge is -2.42. The van der Waals surface area contributed by atoms with Crippen LogP contribution in [-0.4, -0.2) is 62.3 Å². The van der Waals surface area contributed by atoms with Crippen molar-refractivity contribution in [2.45, 2.75) is 109 Å². The third-order valence-corrected chi connectivity index (χ3v) is 6.38. The largest absolute Gasteiger partial charge is 0.481 e. The highest BCUT2D eigenvalue weighted by atomic mass is 32.2. The lowest BCUT2D eigenvalue weighted by Crippen LogP contribution is -2.55. The van der Waals surface area contributed by atoms with Gasteiger partial charge >= 0.3 is 11.9 Å². The molecule has 9 nitrogen and oxygen atoms in total. The van der Waals surface area contributed by atoms with Gasteiger partial charge in [-0.1, -0.05) is 25.7 Å². The zero-order valence-corrected chi connectivity index (χ0v) is 22.5. The molecule has 1 saturated heterocycles. The van der Waals surface area contributed by atoms with Crippen molar-refractivity contribution in [2.24, 2.45) is 5.92 Å². The summed E-state index contributed by atoms with van der Waals surface area (Å²) in [5.41, 5.74) is 0.726. The minimum atomic E-state index is -2.42. The number of carbonyl (C=O) groups is 2. The number of nitrogens with one attached hydrogen (secondary N) is 1. The number of unbranched alkanes of at least 4 members (excludes halogenated alkanes) is 4. The number of hydrogen-bond acceptors (Lipinski definition) is 8. The maximum Gasteiger partial charge on any atom is 0.309 e. The topological polar surface area (TPSA) is 144 Å². The molecular weight excluding hydrogens is 482 g/mol. The van der Waals surface area contributed by atoms with E-state index in [0.29, 0.717) is 30.3 Å². The van der Waals surface area contributed by atoms with Crippen molar-refractivity contribution in [1.29, 1.82) is 0 Å². The minimum absolute atomic E-state index is 0.00836. The minimum Gasteiger partial charge on any atom is -0.481 e. The van der Waals surface area contributed by atoms with Crippen LogP contribution in [0.5, 0.6) is 0 Å². The Morgan fingerprint density at radius 1 is 0.912 bits per heavy atom. The first kappa shape index (κ1) is 32.3. The van der Waals surface area contributed by atoms with Gasteiger partial charge in [0.25, 0.3) is 0 Å². The van der Waals surface area contributed by atoms with Crippen molar-refractivity contribution >= 4 is 43.3 Å². The number of carboxylic acid groups (broad SMARTS) is 1. The molecule has 34 heavy (non-hydrogen) atoms. The van der Waals surface area contributed by atoms with Crippen LogP contribution in [0.2, 0.25) is 0 Å². The molecule has 1 aliphatic rings. The maximum absolute atomic E-state index is 11.8. The molecule has 1 atom stereocenters. The van der Waals surface area contributed by atoms with Gasteiger partial charge in [-0.3, -0.25) is 9.59 Å². The fourth-order valence-electron chi connectivity index (χ4n) is 4.03. The Balaban J connectivity index is 0.000000896. The van der Waals surface area contributed by atoms with Crippen LogP contribution in [0.1, 0.15) is 98.3 Å². The second-order valence-electron chi connectivity index (χ2n) is 9.86. The van der Waals surface area contributed by atoms with E-state index in [0.717, 1.165) is 30.0 Å². The molecule has 0 saturated carbocycles. The first-order chi connectivity index (χ1) is 15.7. The Hall–Kier alpha value is -1.72. The molecular formula is C23H41NO8S2. The Morgan fingerprint density at radius 2 is 1.44 bits per heavy atom. The molecule has 1 rings (SSSR count). The number of ether oxygens (including phenoxy) is 1. The standard InChI is InChI=1S/C14H22O8S2.C9H19N/c15-13(16)7-5-3-1-2-4-6-12(8-10-23(18)19)14(17)22-9-11-24(20)21;1-8(2)6-5-7-9(3,4)10-8/h10-12H,1-9H2,(H,15,16);10H,5-7H2,1-4H3. The number of carbonyl (C=O) groups excluding carboxylic acids is 1. The third-order valence-electron chi connectivity index (χ3n) is 5.50. The smallest absolute Gasteiger partial charge is 0.309 e. The van der Waals surface area contributed by atoms with Crippen molar-refractivity contribution in [1.82, 2.24) is 5.32 Å². The molecule has 1 unspecified atom stereocenters. The van der Waals surface area contributed by atoms with Crippen molar-refractivity contribution in [3.63, 3.8) is 0 Å². The van der Waals surface area contributed by atoms with Crippen LogP contribution >= 0.6 is 0 Å². The van der Waals surface area contributed by atoms with Crippen LogP contribution in [0.3, 0.4) is 0 Å². The van der Waals surface area contributed by atoms with Crippen LogP contribution in [0, 0.1) is 5.92 Å². The Labute approximate surface area is 206 Å². The first-order valence-corrected chi connectivity index (χ1v) is 14.0. The van der Waals surface area contributed by atoms with E-state index >= 15 is 0 Å². The predicted molar refractivity (Wildman–Crippen MR) is 134 cm³/mol. The summed E-state index contributed by atoms with van der Waals surface area (Å²) in [6, 6.07) is 0. The molecule has 0 radical (unpaired) electrons. The van der Waals surface area contributed by atoms with Gasteiger partial charge in [-0.2, -0.15) is 16.8 Å². The van der Waals surface area contributed by atoms with Gasteiger partial charge in [-0.15, -0.1) is 0 Å². The maximum atomic E-state index is 11.8. The SMILES string of the molecule is CC1(C)CCCC(C)(C)N1.O=C(O)CCCCCCCC(CC=S(=O)=O)C(=O)OCC=S(=O)=O. The Morgan fingerprint density at radius 3 is 1.91 bits per heavy atom. The fourth-order valence-corrected chi connectivity index (χ4v) is 4.60. The fraction of sp³-hybridized carbons (Fsp3) is 0.826. The molecule has 0 spiro atoms. The van der Waals surface area contributed by atoms with Gasteiger partial charge in [0.05, 0.1) is 11.3 Å². The number of carboxylic acids is 1. The van der Waals surface area contributed by atoms with E-state index in [1.165, 1.54) is 19.3 Å². The summed E-state index contributed by atoms with van der Waals surface area (Å²) in [7, 11) is -4.80. The number of piperidine rings is 1. The van der Waals surface area contributed by atoms with E-state index in [-0.39, 0.29) is 19.4 Å². The van der Waals surface area contributed by atoms with Gasteiger partial charge < -0.3 is 15.2 Å². The summed E-state index contributed by atoms with van der Waals surface area (Å²) in [4.78, 5) is 22.2. The van der Waals surface area contributed by atoms with Crippen LogP contribution < -0.4 is 5.32 Å². The molecule has 1 aliphatic heterocycles. The van der Waals surface area contributed by atoms with Crippen LogP contribution in [0.25, 0.3) is 0 Å². The van der Waals surface area contributed by atoms with E-state index in [1.54, 1.807) is 0 Å². The van der Waals surface area contributed by atoms with Gasteiger partial charge in [-0.25, -0.2) is 0 Å². The summed E-state index contributed by atoms with van der Waals surface area (Å²) in [5.74, 6) is -2.10. The molecule has 0 aliphatic carbocycles. The molecule has 2 N–H and O–H groups in total. The molecule has 0 bridgehead atoms. The van der Waals surface area contributed by atoms with Crippen molar-refractivity contribution in [3.05, 3.63) is 0 Å². The molecule has 198 valence electrons. The van der Waals surface area contributed by atoms with E-state index in [9.17, 15) is 26.4 Å². The average Bonchev–Trinajstić information content (AvgIpc) is 2.67. The van der Waals surface area contributed by atoms with Crippen LogP contribution in [-0.2, 0) is 34.9 Å². The monoisotopic (exact) mass is 523 g/mol. The van der Waals surface area contributed by atoms with Gasteiger partial charge in [0.15, 0.2) is 0 Å². The average molecular weight is 524 g/mol. The lowest BCUT2D eigenvalue weighted by atomic mass is 9.83. The van der Waals surface area contributed by atoms with Crippen molar-refractivity contribution in [3.8, 4) is 0 Å². The summed E-state index contributed by atoms with van der Waals surface area (Å²) >= 11 is 0. The van der Waals surface area contributed by atoms with Gasteiger partial charge in [0, 0.05) is 22.9 Å². The predicted octanol–water partition coefficient (Wildman–Crippen LogP) is 3.03. The van der Waals surface area contributed by atoms with Crippen LogP contribution in [0.4, 0.5) is 0 Å². The summed E-state index contributed by atoms with van der Waals surface area (Å²) in [6.07, 6.45) is 8.24. The van der Waals surface area contributed by atoms with Gasteiger partial charge in [0.2, 0.25) is 20.6 Å². The summed E-state index contributed by atoms with van der Waals surface area (Å²) < 4.78 is 46.6. The van der Waals surface area contributed by atoms with Gasteiger partial charge in [-0.05, 0) is 66.2 Å². The Bertz CT molecular complexity index is 875. The van der Waals surface area contributed by atoms with E-state index in [1.807, 2.05) is 0 Å². The van der Waals surface area contributed by atoms with E-state index < -0.39 is 38.4 Å². The lowest BCUT2D eigenvalue weighted by molar-refractivity contribution is -0.146. The number of rotatable bonds is 13. The molecule has 0 aromatic rings. The quantitative estimate of drug-likeness (QED) is 0.211. The molecule has 1 heterocycles. The summed E-state index contributed by atoms with van der Waals surface area (Å²) in [5, 5.41) is 13.9. The molecule has 0 aromatic heterocycles. The van der Waals surface area contributed by atoms with Crippen molar-refractivity contribution < 1.29 is 36.3 Å². The highest BCUT2D eigenvalue weighted by Gasteiger charge is 2.31. The second kappa shape index (κ2) is 16.8. The van der Waals surface area contributed by atoms with E-state index in [2.05, 4.69) is 33.0 Å². The van der Waals surface area contributed by atoms with Gasteiger partial charge in [0.1, 0.15) is 6.61 Å². The normalized spacial score (nSPS) is 16.8. The van der Waals surface area contributed by atoms with E-state index in [4.69, 9.17) is 9.84 Å². The molecule has 1 fully saturated rings. The third kappa shape index (κ3) is 18.7. The zero-order chi connectivity index (χ0) is 26.2.